The third kappa shape index (κ3) is 4.57. The van der Waals surface area contributed by atoms with Gasteiger partial charge in [0.25, 0.3) is 0 Å². The van der Waals surface area contributed by atoms with E-state index in [0.717, 1.165) is 20.8 Å². The van der Waals surface area contributed by atoms with E-state index in [4.69, 9.17) is 14.3 Å². The predicted octanol–water partition coefficient (Wildman–Crippen LogP) is 5.75. The minimum Gasteiger partial charge on any atom is -0.481 e. The average Bonchev–Trinajstić information content (AvgIpc) is 3.42. The lowest BCUT2D eigenvalue weighted by atomic mass is 10.1. The zero-order valence-corrected chi connectivity index (χ0v) is 17.5. The fourth-order valence-corrected chi connectivity index (χ4v) is 4.23. The Morgan fingerprint density at radius 2 is 1.84 bits per heavy atom. The predicted molar refractivity (Wildman–Crippen MR) is 120 cm³/mol. The summed E-state index contributed by atoms with van der Waals surface area (Å²) in [5.41, 5.74) is 2.69. The molecule has 0 aliphatic carbocycles. The number of para-hydroxylation sites is 1. The number of carboxylic acids is 1. The smallest absolute Gasteiger partial charge is 0.338 e. The van der Waals surface area contributed by atoms with Crippen molar-refractivity contribution in [3.05, 3.63) is 77.0 Å². The molecule has 0 radical (unpaired) electrons. The Kier molecular flexibility index (Phi) is 5.95. The molecule has 0 atom stereocenters. The summed E-state index contributed by atoms with van der Waals surface area (Å²) in [6.45, 7) is 0. The van der Waals surface area contributed by atoms with E-state index in [1.807, 2.05) is 36.4 Å². The molecule has 0 bridgehead atoms. The number of aliphatic carboxylic acids is 1. The summed E-state index contributed by atoms with van der Waals surface area (Å²) in [6, 6.07) is 18.4. The Morgan fingerprint density at radius 3 is 2.61 bits per heavy atom. The number of esters is 1. The van der Waals surface area contributed by atoms with E-state index in [0.29, 0.717) is 29.1 Å². The van der Waals surface area contributed by atoms with Crippen LogP contribution in [0.1, 0.15) is 34.0 Å². The number of aromatic nitrogens is 1. The molecule has 0 aliphatic rings. The number of carboxylic acid groups (broad SMARTS) is 1. The van der Waals surface area contributed by atoms with Crippen LogP contribution in [0.2, 0.25) is 0 Å². The van der Waals surface area contributed by atoms with E-state index in [9.17, 15) is 9.59 Å². The lowest BCUT2D eigenvalue weighted by molar-refractivity contribution is -0.136. The Morgan fingerprint density at radius 1 is 1.06 bits per heavy atom. The third-order valence-corrected chi connectivity index (χ3v) is 5.83. The Bertz CT molecular complexity index is 1250. The summed E-state index contributed by atoms with van der Waals surface area (Å²) < 4.78 is 11.9. The topological polar surface area (TPSA) is 89.6 Å². The Labute approximate surface area is 182 Å². The number of carbonyl (C=O) groups is 2. The third-order valence-electron chi connectivity index (χ3n) is 4.72. The number of fused-ring (bicyclic) bond motifs is 1. The van der Waals surface area contributed by atoms with Crippen LogP contribution < -0.4 is 0 Å². The molecule has 1 N–H and O–H groups in total. The van der Waals surface area contributed by atoms with Crippen molar-refractivity contribution >= 4 is 45.1 Å². The van der Waals surface area contributed by atoms with Gasteiger partial charge in [-0.3, -0.25) is 4.79 Å². The maximum absolute atomic E-state index is 12.1. The Hall–Kier alpha value is -3.71. The first-order valence-corrected chi connectivity index (χ1v) is 10.4. The van der Waals surface area contributed by atoms with Crippen LogP contribution >= 0.6 is 11.3 Å². The highest BCUT2D eigenvalue weighted by atomic mass is 32.1. The zero-order valence-electron chi connectivity index (χ0n) is 16.7. The van der Waals surface area contributed by atoms with Crippen LogP contribution in [0.5, 0.6) is 0 Å². The molecule has 4 aromatic rings. The molecule has 0 fully saturated rings. The second-order valence-corrected chi connectivity index (χ2v) is 7.82. The minimum absolute atomic E-state index is 0.0134. The van der Waals surface area contributed by atoms with Gasteiger partial charge in [-0.15, -0.1) is 11.3 Å². The minimum atomic E-state index is -0.876. The number of rotatable bonds is 7. The zero-order chi connectivity index (χ0) is 21.8. The van der Waals surface area contributed by atoms with Gasteiger partial charge in [-0.2, -0.15) is 0 Å². The number of furan rings is 1. The SMILES string of the molecule is COC(=O)c1ccccc1-c1ccc(/C=C(/CCC(=O)O)c2nc3ccccc3s2)o1. The number of carbonyl (C=O) groups excluding carboxylic acids is 1. The van der Waals surface area contributed by atoms with Gasteiger partial charge in [-0.05, 0) is 48.4 Å². The molecular weight excluding hydrogens is 414 g/mol. The van der Waals surface area contributed by atoms with Gasteiger partial charge in [0.05, 0.1) is 22.9 Å². The highest BCUT2D eigenvalue weighted by Gasteiger charge is 2.16. The number of hydrogen-bond donors (Lipinski definition) is 1. The lowest BCUT2D eigenvalue weighted by Crippen LogP contribution is -2.02. The lowest BCUT2D eigenvalue weighted by Gasteiger charge is -2.05. The van der Waals surface area contributed by atoms with Crippen LogP contribution in [0.4, 0.5) is 0 Å². The summed E-state index contributed by atoms with van der Waals surface area (Å²) in [5.74, 6) is -0.247. The number of benzene rings is 2. The fraction of sp³-hybridized carbons (Fsp3) is 0.125. The largest absolute Gasteiger partial charge is 0.481 e. The fourth-order valence-electron chi connectivity index (χ4n) is 3.22. The molecule has 2 aromatic carbocycles. The highest BCUT2D eigenvalue weighted by Crippen LogP contribution is 2.33. The van der Waals surface area contributed by atoms with Crippen LogP contribution in [-0.4, -0.2) is 29.1 Å². The van der Waals surface area contributed by atoms with Gasteiger partial charge in [0, 0.05) is 12.0 Å². The molecule has 4 rings (SSSR count). The summed E-state index contributed by atoms with van der Waals surface area (Å²) in [7, 11) is 1.34. The first-order chi connectivity index (χ1) is 15.0. The molecule has 0 saturated carbocycles. The number of hydrogen-bond acceptors (Lipinski definition) is 6. The van der Waals surface area contributed by atoms with Gasteiger partial charge in [0.1, 0.15) is 16.5 Å². The summed E-state index contributed by atoms with van der Waals surface area (Å²) in [4.78, 5) is 27.9. The molecular formula is C24H19NO5S. The first kappa shape index (κ1) is 20.6. The van der Waals surface area contributed by atoms with E-state index in [2.05, 4.69) is 4.98 Å². The van der Waals surface area contributed by atoms with Gasteiger partial charge < -0.3 is 14.3 Å². The molecule has 156 valence electrons. The number of methoxy groups -OCH3 is 1. The van der Waals surface area contributed by atoms with Crippen molar-refractivity contribution in [3.8, 4) is 11.3 Å². The van der Waals surface area contributed by atoms with Crippen molar-refractivity contribution in [1.82, 2.24) is 4.98 Å². The van der Waals surface area contributed by atoms with Crippen molar-refractivity contribution in [3.63, 3.8) is 0 Å². The molecule has 0 amide bonds. The maximum atomic E-state index is 12.1. The standard InChI is InChI=1S/C24H19NO5S/c1-29-24(28)18-7-3-2-6-17(18)20-12-11-16(30-20)14-15(10-13-22(26)27)23-25-19-8-4-5-9-21(19)31-23/h2-9,11-12,14H,10,13H2,1H3,(H,26,27)/b15-14-. The number of allylic oxidation sites excluding steroid dienone is 1. The second kappa shape index (κ2) is 8.97. The molecule has 2 aromatic heterocycles. The van der Waals surface area contributed by atoms with Crippen molar-refractivity contribution in [2.24, 2.45) is 0 Å². The number of thiazole rings is 1. The number of ether oxygens (including phenoxy) is 1. The van der Waals surface area contributed by atoms with Gasteiger partial charge in [0.15, 0.2) is 0 Å². The Balaban J connectivity index is 1.71. The molecule has 0 saturated heterocycles. The van der Waals surface area contributed by atoms with Crippen LogP contribution in [0, 0.1) is 0 Å². The van der Waals surface area contributed by atoms with Crippen molar-refractivity contribution in [1.29, 1.82) is 0 Å². The van der Waals surface area contributed by atoms with Gasteiger partial charge in [-0.25, -0.2) is 9.78 Å². The van der Waals surface area contributed by atoms with Crippen molar-refractivity contribution in [2.45, 2.75) is 12.8 Å². The van der Waals surface area contributed by atoms with E-state index in [-0.39, 0.29) is 6.42 Å². The molecule has 0 spiro atoms. The molecule has 2 heterocycles. The van der Waals surface area contributed by atoms with Crippen LogP contribution in [0.15, 0.2) is 65.1 Å². The van der Waals surface area contributed by atoms with Gasteiger partial charge >= 0.3 is 11.9 Å². The average molecular weight is 433 g/mol. The second-order valence-electron chi connectivity index (χ2n) is 6.79. The molecule has 6 nitrogen and oxygen atoms in total. The van der Waals surface area contributed by atoms with E-state index < -0.39 is 11.9 Å². The molecule has 0 unspecified atom stereocenters. The van der Waals surface area contributed by atoms with Gasteiger partial charge in [-0.1, -0.05) is 30.3 Å². The molecule has 0 aliphatic heterocycles. The summed E-state index contributed by atoms with van der Waals surface area (Å²) >= 11 is 1.51. The van der Waals surface area contributed by atoms with E-state index in [1.54, 1.807) is 30.3 Å². The van der Waals surface area contributed by atoms with Crippen LogP contribution in [0.25, 0.3) is 33.2 Å². The van der Waals surface area contributed by atoms with Crippen LogP contribution in [0.3, 0.4) is 0 Å². The normalized spacial score (nSPS) is 11.6. The summed E-state index contributed by atoms with van der Waals surface area (Å²) in [5, 5.41) is 9.92. The monoisotopic (exact) mass is 433 g/mol. The first-order valence-electron chi connectivity index (χ1n) is 9.61. The van der Waals surface area contributed by atoms with Crippen molar-refractivity contribution in [2.75, 3.05) is 7.11 Å². The summed E-state index contributed by atoms with van der Waals surface area (Å²) in [6.07, 6.45) is 2.12. The molecule has 7 heteroatoms. The number of nitrogens with zero attached hydrogens (tertiary/aromatic N) is 1. The molecule has 31 heavy (non-hydrogen) atoms. The maximum Gasteiger partial charge on any atom is 0.338 e. The van der Waals surface area contributed by atoms with E-state index >= 15 is 0 Å². The quantitative estimate of drug-likeness (QED) is 0.373. The van der Waals surface area contributed by atoms with Crippen molar-refractivity contribution < 1.29 is 23.8 Å². The van der Waals surface area contributed by atoms with Crippen LogP contribution in [-0.2, 0) is 9.53 Å². The van der Waals surface area contributed by atoms with E-state index in [1.165, 1.54) is 18.4 Å². The van der Waals surface area contributed by atoms with Gasteiger partial charge in [0.2, 0.25) is 0 Å². The highest BCUT2D eigenvalue weighted by molar-refractivity contribution is 7.19.